The quantitative estimate of drug-likeness (QED) is 0.499. The number of pyridine rings is 1. The summed E-state index contributed by atoms with van der Waals surface area (Å²) >= 11 is 0. The second-order valence-corrected chi connectivity index (χ2v) is 4.55. The lowest BCUT2D eigenvalue weighted by molar-refractivity contribution is 0.102. The Balaban J connectivity index is 1.98. The average Bonchev–Trinajstić information content (AvgIpc) is 2.91. The van der Waals surface area contributed by atoms with Gasteiger partial charge in [0.1, 0.15) is 11.5 Å². The van der Waals surface area contributed by atoms with Crippen molar-refractivity contribution in [3.05, 3.63) is 48.3 Å². The molecule has 0 spiro atoms. The average molecular weight is 282 g/mol. The third-order valence-corrected chi connectivity index (χ3v) is 3.06. The Labute approximate surface area is 120 Å². The number of rotatable bonds is 3. The number of anilines is 2. The molecule has 0 bridgehead atoms. The summed E-state index contributed by atoms with van der Waals surface area (Å²) in [5.74, 6) is 6.07. The van der Waals surface area contributed by atoms with E-state index in [2.05, 4.69) is 20.8 Å². The van der Waals surface area contributed by atoms with Gasteiger partial charge >= 0.3 is 0 Å². The molecule has 7 heteroatoms. The van der Waals surface area contributed by atoms with Gasteiger partial charge in [-0.25, -0.2) is 10.8 Å². The number of fused-ring (bicyclic) bond motifs is 1. The van der Waals surface area contributed by atoms with Crippen LogP contribution >= 0.6 is 0 Å². The number of hydrazine groups is 1. The van der Waals surface area contributed by atoms with Crippen LogP contribution in [0.25, 0.3) is 10.8 Å². The van der Waals surface area contributed by atoms with Gasteiger partial charge in [0.25, 0.3) is 5.91 Å². The second kappa shape index (κ2) is 5.22. The first kappa shape index (κ1) is 13.1. The van der Waals surface area contributed by atoms with Crippen LogP contribution in [-0.4, -0.2) is 20.7 Å². The van der Waals surface area contributed by atoms with Crippen LogP contribution in [0, 0.1) is 0 Å². The maximum Gasteiger partial charge on any atom is 0.275 e. The Bertz CT molecular complexity index is 810. The van der Waals surface area contributed by atoms with Gasteiger partial charge in [0.15, 0.2) is 5.82 Å². The third-order valence-electron chi connectivity index (χ3n) is 3.06. The van der Waals surface area contributed by atoms with E-state index >= 15 is 0 Å². The monoisotopic (exact) mass is 282 g/mol. The smallest absolute Gasteiger partial charge is 0.275 e. The molecule has 4 N–H and O–H groups in total. The Morgan fingerprint density at radius 2 is 2.10 bits per heavy atom. The molecule has 1 aromatic carbocycles. The number of aryl methyl sites for hydroxylation is 1. The molecule has 0 fully saturated rings. The van der Waals surface area contributed by atoms with Crippen LogP contribution in [0.3, 0.4) is 0 Å². The highest BCUT2D eigenvalue weighted by Gasteiger charge is 2.12. The Morgan fingerprint density at radius 1 is 1.29 bits per heavy atom. The number of carbonyl (C=O) groups excluding carboxylic acids is 1. The van der Waals surface area contributed by atoms with Crippen molar-refractivity contribution in [2.75, 3.05) is 10.7 Å². The lowest BCUT2D eigenvalue weighted by Crippen LogP contribution is -2.17. The number of aromatic nitrogens is 3. The highest BCUT2D eigenvalue weighted by atomic mass is 16.2. The summed E-state index contributed by atoms with van der Waals surface area (Å²) in [7, 11) is 1.78. The molecule has 3 rings (SSSR count). The zero-order valence-corrected chi connectivity index (χ0v) is 11.4. The van der Waals surface area contributed by atoms with Gasteiger partial charge in [-0.15, -0.1) is 0 Å². The fraction of sp³-hybridized carbons (Fsp3) is 0.0714. The van der Waals surface area contributed by atoms with Crippen LogP contribution < -0.4 is 16.6 Å². The van der Waals surface area contributed by atoms with E-state index < -0.39 is 0 Å². The summed E-state index contributed by atoms with van der Waals surface area (Å²) in [6.45, 7) is 0. The lowest BCUT2D eigenvalue weighted by atomic mass is 10.1. The Hall–Kier alpha value is -2.93. The van der Waals surface area contributed by atoms with Crippen molar-refractivity contribution in [3.63, 3.8) is 0 Å². The summed E-state index contributed by atoms with van der Waals surface area (Å²) in [5, 5.41) is 8.53. The van der Waals surface area contributed by atoms with Crippen molar-refractivity contribution in [1.29, 1.82) is 0 Å². The van der Waals surface area contributed by atoms with Gasteiger partial charge in [-0.1, -0.05) is 24.3 Å². The summed E-state index contributed by atoms with van der Waals surface area (Å²) < 4.78 is 1.61. The fourth-order valence-electron chi connectivity index (χ4n) is 2.09. The van der Waals surface area contributed by atoms with E-state index in [0.717, 1.165) is 10.8 Å². The number of hydrogen-bond acceptors (Lipinski definition) is 5. The van der Waals surface area contributed by atoms with Crippen LogP contribution in [0.2, 0.25) is 0 Å². The number of nitrogens with two attached hydrogens (primary N) is 1. The molecular weight excluding hydrogens is 268 g/mol. The summed E-state index contributed by atoms with van der Waals surface area (Å²) in [5.41, 5.74) is 2.79. The number of amides is 1. The molecule has 0 atom stereocenters. The molecule has 0 unspecified atom stereocenters. The van der Waals surface area contributed by atoms with Gasteiger partial charge in [-0.2, -0.15) is 5.10 Å². The molecule has 0 saturated heterocycles. The predicted molar refractivity (Wildman–Crippen MR) is 80.7 cm³/mol. The molecule has 0 aliphatic carbocycles. The first-order valence-electron chi connectivity index (χ1n) is 6.35. The van der Waals surface area contributed by atoms with Crippen molar-refractivity contribution < 1.29 is 4.79 Å². The van der Waals surface area contributed by atoms with Crippen LogP contribution in [0.5, 0.6) is 0 Å². The number of hydrogen-bond donors (Lipinski definition) is 3. The van der Waals surface area contributed by atoms with Crippen LogP contribution in [0.4, 0.5) is 11.6 Å². The summed E-state index contributed by atoms with van der Waals surface area (Å²) in [6, 6.07) is 11.0. The number of nitrogens with one attached hydrogen (secondary N) is 2. The highest BCUT2D eigenvalue weighted by molar-refractivity contribution is 6.06. The van der Waals surface area contributed by atoms with E-state index in [0.29, 0.717) is 11.6 Å². The Kier molecular flexibility index (Phi) is 3.25. The minimum atomic E-state index is -0.337. The van der Waals surface area contributed by atoms with Crippen LogP contribution in [0.15, 0.2) is 42.6 Å². The lowest BCUT2D eigenvalue weighted by Gasteiger charge is -2.08. The van der Waals surface area contributed by atoms with E-state index in [4.69, 9.17) is 5.84 Å². The zero-order valence-electron chi connectivity index (χ0n) is 11.4. The highest BCUT2D eigenvalue weighted by Crippen LogP contribution is 2.22. The molecule has 0 aliphatic heterocycles. The van der Waals surface area contributed by atoms with Gasteiger partial charge in [-0.3, -0.25) is 9.48 Å². The van der Waals surface area contributed by atoms with Crippen molar-refractivity contribution in [1.82, 2.24) is 14.8 Å². The number of nitrogens with zero attached hydrogens (tertiary/aromatic N) is 3. The third kappa shape index (κ3) is 2.54. The number of carbonyl (C=O) groups is 1. The maximum atomic E-state index is 12.2. The predicted octanol–water partition coefficient (Wildman–Crippen LogP) is 1.51. The molecule has 2 aromatic heterocycles. The van der Waals surface area contributed by atoms with Crippen molar-refractivity contribution in [3.8, 4) is 0 Å². The number of nitrogen functional groups attached to an aromatic ring is 1. The topological polar surface area (TPSA) is 97.9 Å². The maximum absolute atomic E-state index is 12.2. The van der Waals surface area contributed by atoms with Gasteiger partial charge in [0, 0.05) is 24.7 Å². The number of benzene rings is 1. The van der Waals surface area contributed by atoms with Gasteiger partial charge in [-0.05, 0) is 11.5 Å². The Morgan fingerprint density at radius 3 is 2.81 bits per heavy atom. The largest absolute Gasteiger partial charge is 0.308 e. The van der Waals surface area contributed by atoms with Crippen molar-refractivity contribution >= 4 is 28.3 Å². The minimum Gasteiger partial charge on any atom is -0.308 e. The van der Waals surface area contributed by atoms with Gasteiger partial charge < -0.3 is 10.7 Å². The first-order valence-corrected chi connectivity index (χ1v) is 6.35. The molecule has 21 heavy (non-hydrogen) atoms. The molecule has 1 amide bonds. The first-order chi connectivity index (χ1) is 10.2. The van der Waals surface area contributed by atoms with Gasteiger partial charge in [0.05, 0.1) is 0 Å². The summed E-state index contributed by atoms with van der Waals surface area (Å²) in [4.78, 5) is 16.5. The molecule has 3 aromatic rings. The van der Waals surface area contributed by atoms with E-state index in [9.17, 15) is 4.79 Å². The van der Waals surface area contributed by atoms with Crippen molar-refractivity contribution in [2.45, 2.75) is 0 Å². The van der Waals surface area contributed by atoms with Crippen LogP contribution in [-0.2, 0) is 7.05 Å². The van der Waals surface area contributed by atoms with Gasteiger partial charge in [0.2, 0.25) is 0 Å². The molecule has 0 saturated carbocycles. The van der Waals surface area contributed by atoms with Crippen LogP contribution in [0.1, 0.15) is 10.5 Å². The molecule has 0 radical (unpaired) electrons. The molecule has 0 aliphatic rings. The SMILES string of the molecule is Cn1ccc(NC(=O)c2cc3ccccc3c(NN)n2)n1. The van der Waals surface area contributed by atoms with E-state index in [1.54, 1.807) is 30.1 Å². The summed E-state index contributed by atoms with van der Waals surface area (Å²) in [6.07, 6.45) is 1.75. The van der Waals surface area contributed by atoms with Crippen molar-refractivity contribution in [2.24, 2.45) is 12.9 Å². The van der Waals surface area contributed by atoms with E-state index in [-0.39, 0.29) is 11.6 Å². The van der Waals surface area contributed by atoms with E-state index in [1.165, 1.54) is 0 Å². The normalized spacial score (nSPS) is 10.6. The van der Waals surface area contributed by atoms with E-state index in [1.807, 2.05) is 24.3 Å². The minimum absolute atomic E-state index is 0.271. The molecular formula is C14H14N6O. The second-order valence-electron chi connectivity index (χ2n) is 4.55. The molecule has 7 nitrogen and oxygen atoms in total. The molecule has 106 valence electrons. The fourth-order valence-corrected chi connectivity index (χ4v) is 2.09. The zero-order chi connectivity index (χ0) is 14.8. The standard InChI is InChI=1S/C14H14N6O/c1-20-7-6-12(19-20)17-14(21)11-8-9-4-2-3-5-10(9)13(16-11)18-15/h2-8H,15H2,1H3,(H,16,18)(H,17,19,21). The molecule has 2 heterocycles.